The molecule has 5 N–H and O–H groups in total. The van der Waals surface area contributed by atoms with Gasteiger partial charge >= 0.3 is 0 Å². The summed E-state index contributed by atoms with van der Waals surface area (Å²) in [7, 11) is 0. The summed E-state index contributed by atoms with van der Waals surface area (Å²) in [5, 5.41) is 0. The van der Waals surface area contributed by atoms with Crippen molar-refractivity contribution in [1.29, 1.82) is 0 Å². The molecule has 112 valence electrons. The second-order valence-corrected chi connectivity index (χ2v) is 6.03. The van der Waals surface area contributed by atoms with E-state index in [1.807, 2.05) is 56.3 Å². The summed E-state index contributed by atoms with van der Waals surface area (Å²) in [6.45, 7) is 4.00. The standard InChI is InChI=1S/C16H20BrN3O/c1-10(2)21-13-5-3-4-11(8-13)16(20-19)14-9-12(17)6-7-15(14)18/h3-10,16,20H,18-19H2,1-2H3. The summed E-state index contributed by atoms with van der Waals surface area (Å²) >= 11 is 3.46. The van der Waals surface area contributed by atoms with Crippen molar-refractivity contribution in [1.82, 2.24) is 5.43 Å². The highest BCUT2D eigenvalue weighted by Gasteiger charge is 2.16. The van der Waals surface area contributed by atoms with Gasteiger partial charge in [0, 0.05) is 10.2 Å². The second-order valence-electron chi connectivity index (χ2n) is 5.11. The Morgan fingerprint density at radius 1 is 1.14 bits per heavy atom. The predicted molar refractivity (Wildman–Crippen MR) is 89.9 cm³/mol. The van der Waals surface area contributed by atoms with Crippen LogP contribution in [0.3, 0.4) is 0 Å². The van der Waals surface area contributed by atoms with E-state index in [1.165, 1.54) is 0 Å². The maximum absolute atomic E-state index is 6.07. The van der Waals surface area contributed by atoms with Gasteiger partial charge in [-0.2, -0.15) is 0 Å². The molecular weight excluding hydrogens is 330 g/mol. The molecule has 21 heavy (non-hydrogen) atoms. The van der Waals surface area contributed by atoms with Gasteiger partial charge in [0.2, 0.25) is 0 Å². The van der Waals surface area contributed by atoms with Crippen molar-refractivity contribution in [2.24, 2.45) is 5.84 Å². The van der Waals surface area contributed by atoms with Gasteiger partial charge in [-0.1, -0.05) is 28.1 Å². The molecule has 0 heterocycles. The highest BCUT2D eigenvalue weighted by Crippen LogP contribution is 2.30. The van der Waals surface area contributed by atoms with Crippen molar-refractivity contribution in [3.63, 3.8) is 0 Å². The molecule has 4 nitrogen and oxygen atoms in total. The van der Waals surface area contributed by atoms with Gasteiger partial charge in [-0.05, 0) is 55.3 Å². The van der Waals surface area contributed by atoms with Crippen molar-refractivity contribution >= 4 is 21.6 Å². The zero-order chi connectivity index (χ0) is 15.4. The van der Waals surface area contributed by atoms with Gasteiger partial charge in [0.1, 0.15) is 5.75 Å². The Morgan fingerprint density at radius 3 is 2.57 bits per heavy atom. The number of benzene rings is 2. The van der Waals surface area contributed by atoms with Crippen LogP contribution in [0.15, 0.2) is 46.9 Å². The molecule has 0 amide bonds. The molecule has 2 aromatic rings. The summed E-state index contributed by atoms with van der Waals surface area (Å²) in [6, 6.07) is 13.4. The molecule has 5 heteroatoms. The first-order chi connectivity index (χ1) is 10.0. The topological polar surface area (TPSA) is 73.3 Å². The van der Waals surface area contributed by atoms with Crippen LogP contribution in [0.5, 0.6) is 5.75 Å². The predicted octanol–water partition coefficient (Wildman–Crippen LogP) is 3.37. The van der Waals surface area contributed by atoms with E-state index < -0.39 is 0 Å². The molecule has 0 aliphatic carbocycles. The molecule has 0 saturated carbocycles. The minimum absolute atomic E-state index is 0.125. The van der Waals surface area contributed by atoms with Gasteiger partial charge in [0.15, 0.2) is 0 Å². The molecule has 0 radical (unpaired) electrons. The van der Waals surface area contributed by atoms with E-state index in [-0.39, 0.29) is 12.1 Å². The molecule has 0 aliphatic heterocycles. The van der Waals surface area contributed by atoms with E-state index in [1.54, 1.807) is 0 Å². The summed E-state index contributed by atoms with van der Waals surface area (Å²) in [6.07, 6.45) is 0.125. The van der Waals surface area contributed by atoms with E-state index in [2.05, 4.69) is 21.4 Å². The van der Waals surface area contributed by atoms with Crippen molar-refractivity contribution < 1.29 is 4.74 Å². The Labute approximate surface area is 133 Å². The highest BCUT2D eigenvalue weighted by molar-refractivity contribution is 9.10. The number of anilines is 1. The molecule has 0 aliphatic rings. The lowest BCUT2D eigenvalue weighted by atomic mass is 9.97. The third kappa shape index (κ3) is 3.97. The highest BCUT2D eigenvalue weighted by atomic mass is 79.9. The smallest absolute Gasteiger partial charge is 0.120 e. The fourth-order valence-corrected chi connectivity index (χ4v) is 2.58. The lowest BCUT2D eigenvalue weighted by Crippen LogP contribution is -2.29. The minimum Gasteiger partial charge on any atom is -0.491 e. The van der Waals surface area contributed by atoms with Crippen LogP contribution in [0.25, 0.3) is 0 Å². The molecule has 1 atom stereocenters. The maximum Gasteiger partial charge on any atom is 0.120 e. The fraction of sp³-hybridized carbons (Fsp3) is 0.250. The van der Waals surface area contributed by atoms with Crippen LogP contribution in [0.2, 0.25) is 0 Å². The Balaban J connectivity index is 2.39. The Kier molecular flexibility index (Phi) is 5.22. The van der Waals surface area contributed by atoms with Crippen LogP contribution in [-0.4, -0.2) is 6.10 Å². The number of rotatable bonds is 5. The Hall–Kier alpha value is -1.56. The lowest BCUT2D eigenvalue weighted by molar-refractivity contribution is 0.242. The van der Waals surface area contributed by atoms with Gasteiger partial charge < -0.3 is 10.5 Å². The lowest BCUT2D eigenvalue weighted by Gasteiger charge is -2.20. The van der Waals surface area contributed by atoms with Gasteiger partial charge in [-0.25, -0.2) is 5.43 Å². The van der Waals surface area contributed by atoms with E-state index in [9.17, 15) is 0 Å². The third-order valence-corrected chi connectivity index (χ3v) is 3.58. The molecule has 0 aromatic heterocycles. The SMILES string of the molecule is CC(C)Oc1cccc(C(NN)c2cc(Br)ccc2N)c1. The van der Waals surface area contributed by atoms with Crippen molar-refractivity contribution in [3.05, 3.63) is 58.1 Å². The Morgan fingerprint density at radius 2 is 1.90 bits per heavy atom. The summed E-state index contributed by atoms with van der Waals surface area (Å²) in [5.41, 5.74) is 11.5. The van der Waals surface area contributed by atoms with E-state index in [0.717, 1.165) is 21.3 Å². The number of hydrogen-bond acceptors (Lipinski definition) is 4. The number of nitrogen functional groups attached to an aromatic ring is 1. The first-order valence-corrected chi connectivity index (χ1v) is 7.58. The Bertz CT molecular complexity index is 616. The maximum atomic E-state index is 6.07. The minimum atomic E-state index is -0.196. The van der Waals surface area contributed by atoms with Crippen molar-refractivity contribution in [3.8, 4) is 5.75 Å². The quantitative estimate of drug-likeness (QED) is 0.439. The summed E-state index contributed by atoms with van der Waals surface area (Å²) in [5.74, 6) is 6.56. The number of nitrogens with two attached hydrogens (primary N) is 2. The molecule has 0 spiro atoms. The first-order valence-electron chi connectivity index (χ1n) is 6.79. The summed E-state index contributed by atoms with van der Waals surface area (Å²) in [4.78, 5) is 0. The van der Waals surface area contributed by atoms with E-state index in [4.69, 9.17) is 16.3 Å². The largest absolute Gasteiger partial charge is 0.491 e. The first kappa shape index (κ1) is 15.8. The van der Waals surface area contributed by atoms with Crippen LogP contribution in [0.1, 0.15) is 31.0 Å². The van der Waals surface area contributed by atoms with Crippen LogP contribution in [0, 0.1) is 0 Å². The molecule has 2 rings (SSSR count). The fourth-order valence-electron chi connectivity index (χ4n) is 2.20. The monoisotopic (exact) mass is 349 g/mol. The average Bonchev–Trinajstić information content (AvgIpc) is 2.43. The van der Waals surface area contributed by atoms with Gasteiger partial charge in [-0.3, -0.25) is 5.84 Å². The van der Waals surface area contributed by atoms with Crippen molar-refractivity contribution in [2.45, 2.75) is 26.0 Å². The molecular formula is C16H20BrN3O. The molecule has 0 saturated heterocycles. The number of ether oxygens (including phenoxy) is 1. The zero-order valence-corrected chi connectivity index (χ0v) is 13.7. The van der Waals surface area contributed by atoms with Gasteiger partial charge in [0.05, 0.1) is 12.1 Å². The van der Waals surface area contributed by atoms with Crippen LogP contribution < -0.4 is 21.7 Å². The number of hydrazine groups is 1. The molecule has 0 fully saturated rings. The zero-order valence-electron chi connectivity index (χ0n) is 12.1. The van der Waals surface area contributed by atoms with Crippen LogP contribution in [-0.2, 0) is 0 Å². The molecule has 2 aromatic carbocycles. The third-order valence-electron chi connectivity index (χ3n) is 3.09. The van der Waals surface area contributed by atoms with Crippen LogP contribution >= 0.6 is 15.9 Å². The van der Waals surface area contributed by atoms with Crippen LogP contribution in [0.4, 0.5) is 5.69 Å². The average molecular weight is 350 g/mol. The van der Waals surface area contributed by atoms with E-state index in [0.29, 0.717) is 5.69 Å². The van der Waals surface area contributed by atoms with Gasteiger partial charge in [0.25, 0.3) is 0 Å². The number of halogens is 1. The normalized spacial score (nSPS) is 12.4. The number of hydrogen-bond donors (Lipinski definition) is 3. The van der Waals surface area contributed by atoms with Crippen molar-refractivity contribution in [2.75, 3.05) is 5.73 Å². The molecule has 1 unspecified atom stereocenters. The number of nitrogens with one attached hydrogen (secondary N) is 1. The van der Waals surface area contributed by atoms with E-state index >= 15 is 0 Å². The summed E-state index contributed by atoms with van der Waals surface area (Å²) < 4.78 is 6.69. The van der Waals surface area contributed by atoms with Gasteiger partial charge in [-0.15, -0.1) is 0 Å². The molecule has 0 bridgehead atoms. The second kappa shape index (κ2) is 6.93.